The fraction of sp³-hybridized carbons (Fsp3) is 0.429. The second kappa shape index (κ2) is 7.51. The minimum atomic E-state index is -4.59. The van der Waals surface area contributed by atoms with Gasteiger partial charge >= 0.3 is 6.18 Å². The first kappa shape index (κ1) is 21.1. The van der Waals surface area contributed by atoms with E-state index in [-0.39, 0.29) is 23.0 Å². The molecule has 0 aliphatic carbocycles. The van der Waals surface area contributed by atoms with Crippen molar-refractivity contribution in [2.24, 2.45) is 7.05 Å². The van der Waals surface area contributed by atoms with Crippen LogP contribution in [0.25, 0.3) is 5.65 Å². The maximum Gasteiger partial charge on any atom is 0.433 e. The van der Waals surface area contributed by atoms with Gasteiger partial charge in [0, 0.05) is 37.6 Å². The maximum absolute atomic E-state index is 13.7. The zero-order chi connectivity index (χ0) is 22.5. The van der Waals surface area contributed by atoms with Gasteiger partial charge in [-0.2, -0.15) is 18.3 Å². The number of nitrogens with zero attached hydrogens (tertiary/aromatic N) is 5. The summed E-state index contributed by atoms with van der Waals surface area (Å²) in [5.74, 6) is -0.472. The van der Waals surface area contributed by atoms with E-state index in [1.54, 1.807) is 25.8 Å². The van der Waals surface area contributed by atoms with Crippen LogP contribution in [0.15, 0.2) is 35.3 Å². The van der Waals surface area contributed by atoms with Crippen molar-refractivity contribution in [1.29, 1.82) is 0 Å². The molecule has 0 N–H and O–H groups in total. The Labute approximate surface area is 176 Å². The number of aromatic nitrogens is 4. The van der Waals surface area contributed by atoms with Gasteiger partial charge in [0.2, 0.25) is 5.56 Å². The van der Waals surface area contributed by atoms with E-state index in [9.17, 15) is 22.8 Å². The fourth-order valence-electron chi connectivity index (χ4n) is 3.88. The van der Waals surface area contributed by atoms with Crippen LogP contribution >= 0.6 is 0 Å². The van der Waals surface area contributed by atoms with Gasteiger partial charge in [0.1, 0.15) is 5.69 Å². The lowest BCUT2D eigenvalue weighted by molar-refractivity contribution is -0.142. The monoisotopic (exact) mass is 433 g/mol. The molecule has 3 aromatic heterocycles. The summed E-state index contributed by atoms with van der Waals surface area (Å²) in [7, 11) is 1.55. The number of alkyl halides is 3. The van der Waals surface area contributed by atoms with Crippen molar-refractivity contribution >= 4 is 11.6 Å². The van der Waals surface area contributed by atoms with Crippen LogP contribution in [0.3, 0.4) is 0 Å². The van der Waals surface area contributed by atoms with Crippen LogP contribution in [0, 0.1) is 0 Å². The Balaban J connectivity index is 1.76. The number of carbonyl (C=O) groups is 1. The van der Waals surface area contributed by atoms with Gasteiger partial charge in [0.25, 0.3) is 5.91 Å². The lowest BCUT2D eigenvalue weighted by Gasteiger charge is -2.23. The molecule has 0 aromatic carbocycles. The highest BCUT2D eigenvalue weighted by Gasteiger charge is 2.37. The smallest absolute Gasteiger partial charge is 0.330 e. The van der Waals surface area contributed by atoms with Gasteiger partial charge in [-0.3, -0.25) is 9.59 Å². The summed E-state index contributed by atoms with van der Waals surface area (Å²) in [6.07, 6.45) is -1.84. The van der Waals surface area contributed by atoms with Crippen molar-refractivity contribution in [1.82, 2.24) is 24.1 Å². The van der Waals surface area contributed by atoms with Gasteiger partial charge in [0.15, 0.2) is 5.65 Å². The van der Waals surface area contributed by atoms with Gasteiger partial charge in [0.05, 0.1) is 17.3 Å². The van der Waals surface area contributed by atoms with E-state index in [1.165, 1.54) is 29.0 Å². The van der Waals surface area contributed by atoms with Crippen LogP contribution in [-0.4, -0.2) is 36.5 Å². The largest absolute Gasteiger partial charge is 0.433 e. The third-order valence-electron chi connectivity index (χ3n) is 5.54. The van der Waals surface area contributed by atoms with Crippen molar-refractivity contribution in [2.45, 2.75) is 44.8 Å². The van der Waals surface area contributed by atoms with Crippen LogP contribution in [0.5, 0.6) is 0 Å². The van der Waals surface area contributed by atoms with Crippen LogP contribution in [-0.2, 0) is 13.2 Å². The summed E-state index contributed by atoms with van der Waals surface area (Å²) in [5.41, 5.74) is 0.0253. The summed E-state index contributed by atoms with van der Waals surface area (Å²) < 4.78 is 43.1. The quantitative estimate of drug-likeness (QED) is 0.633. The summed E-state index contributed by atoms with van der Waals surface area (Å²) >= 11 is 0. The van der Waals surface area contributed by atoms with E-state index in [0.717, 1.165) is 10.6 Å². The van der Waals surface area contributed by atoms with Crippen LogP contribution < -0.4 is 5.56 Å². The van der Waals surface area contributed by atoms with Crippen LogP contribution in [0.1, 0.15) is 66.1 Å². The Morgan fingerprint density at radius 3 is 2.61 bits per heavy atom. The van der Waals surface area contributed by atoms with Crippen molar-refractivity contribution in [2.75, 3.05) is 6.54 Å². The number of pyridine rings is 1. The molecule has 1 saturated heterocycles. The predicted octanol–water partition coefficient (Wildman–Crippen LogP) is 3.55. The molecule has 1 aliphatic rings. The van der Waals surface area contributed by atoms with E-state index >= 15 is 0 Å². The molecule has 0 saturated carbocycles. The average Bonchev–Trinajstić information content (AvgIpc) is 3.34. The number of amides is 1. The summed E-state index contributed by atoms with van der Waals surface area (Å²) in [6, 6.07) is 4.86. The highest BCUT2D eigenvalue weighted by Crippen LogP contribution is 2.35. The molecule has 1 unspecified atom stereocenters. The molecule has 31 heavy (non-hydrogen) atoms. The molecule has 1 amide bonds. The number of likely N-dealkylation sites (tertiary alicyclic amines) is 1. The molecule has 1 fully saturated rings. The molecule has 4 rings (SSSR count). The van der Waals surface area contributed by atoms with E-state index < -0.39 is 17.9 Å². The minimum absolute atomic E-state index is 0.106. The van der Waals surface area contributed by atoms with Crippen LogP contribution in [0.4, 0.5) is 13.2 Å². The van der Waals surface area contributed by atoms with E-state index in [0.29, 0.717) is 36.3 Å². The molecule has 1 atom stereocenters. The van der Waals surface area contributed by atoms with Crippen molar-refractivity contribution in [3.8, 4) is 0 Å². The number of fused-ring (bicyclic) bond motifs is 1. The zero-order valence-electron chi connectivity index (χ0n) is 17.3. The topological polar surface area (TPSA) is 72.5 Å². The normalized spacial score (nSPS) is 17.1. The Bertz CT molecular complexity index is 1210. The lowest BCUT2D eigenvalue weighted by atomic mass is 10.1. The number of hydrogen-bond acceptors (Lipinski definition) is 4. The highest BCUT2D eigenvalue weighted by atomic mass is 19.4. The summed E-state index contributed by atoms with van der Waals surface area (Å²) in [4.78, 5) is 30.6. The van der Waals surface area contributed by atoms with Crippen molar-refractivity contribution < 1.29 is 18.0 Å². The number of carbonyl (C=O) groups excluding carboxylic acids is 1. The fourth-order valence-corrected chi connectivity index (χ4v) is 3.88. The van der Waals surface area contributed by atoms with Gasteiger partial charge in [-0.1, -0.05) is 13.8 Å². The summed E-state index contributed by atoms with van der Waals surface area (Å²) in [6.45, 7) is 4.01. The number of hydrogen-bond donors (Lipinski definition) is 0. The van der Waals surface area contributed by atoms with Gasteiger partial charge in [-0.25, -0.2) is 9.50 Å². The van der Waals surface area contributed by atoms with E-state index in [1.807, 2.05) is 0 Å². The highest BCUT2D eigenvalue weighted by molar-refractivity contribution is 5.94. The molecular weight excluding hydrogens is 411 g/mol. The maximum atomic E-state index is 13.7. The number of rotatable bonds is 3. The molecule has 7 nitrogen and oxygen atoms in total. The molecule has 10 heteroatoms. The van der Waals surface area contributed by atoms with E-state index in [2.05, 4.69) is 10.1 Å². The molecule has 164 valence electrons. The lowest BCUT2D eigenvalue weighted by Crippen LogP contribution is -2.32. The third-order valence-corrected chi connectivity index (χ3v) is 5.54. The standard InChI is InChI=1S/C21H22F3N5O2/c1-12(2)14-9-17(21(22,23)24)29-18(25-14)10-15(26-29)16-5-4-8-28(16)20(31)13-6-7-19(30)27(3)11-13/h6-7,9-12,16H,4-5,8H2,1-3H3. The molecule has 1 aliphatic heterocycles. The Kier molecular flexibility index (Phi) is 5.10. The molecular formula is C21H22F3N5O2. The second-order valence-electron chi connectivity index (χ2n) is 8.08. The Hall–Kier alpha value is -3.17. The number of halogens is 3. The number of aryl methyl sites for hydroxylation is 1. The average molecular weight is 433 g/mol. The third kappa shape index (κ3) is 3.82. The first-order chi connectivity index (χ1) is 14.6. The molecule has 0 spiro atoms. The second-order valence-corrected chi connectivity index (χ2v) is 8.08. The molecule has 3 aromatic rings. The van der Waals surface area contributed by atoms with E-state index in [4.69, 9.17) is 0 Å². The zero-order valence-corrected chi connectivity index (χ0v) is 17.3. The van der Waals surface area contributed by atoms with Crippen molar-refractivity contribution in [3.05, 3.63) is 63.5 Å². The minimum Gasteiger partial charge on any atom is -0.330 e. The predicted molar refractivity (Wildman–Crippen MR) is 107 cm³/mol. The SMILES string of the molecule is CC(C)c1cc(C(F)(F)F)n2nc(C3CCCN3C(=O)c3ccc(=O)n(C)c3)cc2n1. The van der Waals surface area contributed by atoms with Crippen molar-refractivity contribution in [3.63, 3.8) is 0 Å². The van der Waals surface area contributed by atoms with Gasteiger partial charge in [-0.05, 0) is 30.9 Å². The first-order valence-corrected chi connectivity index (χ1v) is 10.0. The van der Waals surface area contributed by atoms with Gasteiger partial charge in [-0.15, -0.1) is 0 Å². The Morgan fingerprint density at radius 2 is 1.97 bits per heavy atom. The van der Waals surface area contributed by atoms with Gasteiger partial charge < -0.3 is 9.47 Å². The molecule has 0 bridgehead atoms. The Morgan fingerprint density at radius 1 is 1.23 bits per heavy atom. The molecule has 4 heterocycles. The molecule has 0 radical (unpaired) electrons. The first-order valence-electron chi connectivity index (χ1n) is 10.0. The summed E-state index contributed by atoms with van der Waals surface area (Å²) in [5, 5.41) is 4.20. The van der Waals surface area contributed by atoms with Crippen LogP contribution in [0.2, 0.25) is 0 Å².